The molecule has 2 unspecified atom stereocenters. The van der Waals surface area contributed by atoms with E-state index in [9.17, 15) is 5.11 Å². The number of hydrogen-bond acceptors (Lipinski definition) is 3. The lowest BCUT2D eigenvalue weighted by Gasteiger charge is -2.37. The summed E-state index contributed by atoms with van der Waals surface area (Å²) in [6, 6.07) is 2.62. The van der Waals surface area contributed by atoms with Crippen LogP contribution < -0.4 is 0 Å². The van der Waals surface area contributed by atoms with Crippen LogP contribution in [0.15, 0.2) is 12.3 Å². The summed E-state index contributed by atoms with van der Waals surface area (Å²) in [5.74, 6) is 0.448. The molecule has 0 amide bonds. The maximum Gasteiger partial charge on any atom is 0.0492 e. The van der Waals surface area contributed by atoms with Crippen molar-refractivity contribution >= 4 is 0 Å². The van der Waals surface area contributed by atoms with Crippen LogP contribution in [0.5, 0.6) is 0 Å². The fraction of sp³-hybridized carbons (Fsp3) is 0.727. The number of aromatic nitrogens is 2. The Bertz CT molecular complexity index is 286. The Kier molecular flexibility index (Phi) is 3.38. The van der Waals surface area contributed by atoms with E-state index in [1.807, 2.05) is 6.07 Å². The second-order valence-corrected chi connectivity index (χ2v) is 4.49. The van der Waals surface area contributed by atoms with Crippen LogP contribution >= 0.6 is 0 Å². The highest BCUT2D eigenvalue weighted by molar-refractivity contribution is 4.98. The molecule has 0 spiro atoms. The number of nitrogens with one attached hydrogen (secondary N) is 1. The lowest BCUT2D eigenvalue weighted by atomic mass is 9.94. The van der Waals surface area contributed by atoms with Crippen molar-refractivity contribution in [2.45, 2.75) is 32.4 Å². The number of H-pyrrole nitrogens is 1. The quantitative estimate of drug-likeness (QED) is 0.781. The number of likely N-dealkylation sites (tertiary alicyclic amines) is 1. The summed E-state index contributed by atoms with van der Waals surface area (Å²) in [5, 5.41) is 16.1. The molecule has 0 saturated carbocycles. The predicted molar refractivity (Wildman–Crippen MR) is 58.3 cm³/mol. The minimum Gasteiger partial charge on any atom is -0.396 e. The van der Waals surface area contributed by atoms with Crippen molar-refractivity contribution in [2.75, 3.05) is 13.2 Å². The van der Waals surface area contributed by atoms with Crippen LogP contribution in [-0.4, -0.2) is 39.4 Å². The third-order valence-electron chi connectivity index (χ3n) is 3.30. The summed E-state index contributed by atoms with van der Waals surface area (Å²) in [7, 11) is 0. The van der Waals surface area contributed by atoms with E-state index in [0.717, 1.165) is 25.2 Å². The smallest absolute Gasteiger partial charge is 0.0492 e. The van der Waals surface area contributed by atoms with Gasteiger partial charge in [-0.1, -0.05) is 0 Å². The van der Waals surface area contributed by atoms with E-state index >= 15 is 0 Å². The van der Waals surface area contributed by atoms with Gasteiger partial charge in [0.2, 0.25) is 0 Å². The maximum atomic E-state index is 9.17. The minimum atomic E-state index is 0.312. The van der Waals surface area contributed by atoms with Gasteiger partial charge >= 0.3 is 0 Å². The molecule has 15 heavy (non-hydrogen) atoms. The summed E-state index contributed by atoms with van der Waals surface area (Å²) >= 11 is 0. The van der Waals surface area contributed by atoms with Gasteiger partial charge in [-0.25, -0.2) is 0 Å². The fourth-order valence-electron chi connectivity index (χ4n) is 2.22. The van der Waals surface area contributed by atoms with Crippen molar-refractivity contribution < 1.29 is 5.11 Å². The zero-order chi connectivity index (χ0) is 10.7. The summed E-state index contributed by atoms with van der Waals surface area (Å²) in [4.78, 5) is 2.41. The van der Waals surface area contributed by atoms with Crippen LogP contribution in [0, 0.1) is 5.92 Å². The Hall–Kier alpha value is -0.870. The fourth-order valence-corrected chi connectivity index (χ4v) is 2.22. The highest BCUT2D eigenvalue weighted by Gasteiger charge is 2.24. The van der Waals surface area contributed by atoms with Crippen molar-refractivity contribution in [3.63, 3.8) is 0 Å². The number of aliphatic hydroxyl groups is 1. The molecule has 2 atom stereocenters. The second kappa shape index (κ2) is 4.77. The van der Waals surface area contributed by atoms with Crippen molar-refractivity contribution in [3.8, 4) is 0 Å². The van der Waals surface area contributed by atoms with Crippen molar-refractivity contribution in [2.24, 2.45) is 5.92 Å². The van der Waals surface area contributed by atoms with Gasteiger partial charge in [0.15, 0.2) is 0 Å². The van der Waals surface area contributed by atoms with Crippen LogP contribution in [0.3, 0.4) is 0 Å². The van der Waals surface area contributed by atoms with E-state index in [-0.39, 0.29) is 0 Å². The average Bonchev–Trinajstić information content (AvgIpc) is 2.74. The second-order valence-electron chi connectivity index (χ2n) is 4.49. The molecule has 1 aromatic heterocycles. The van der Waals surface area contributed by atoms with Gasteiger partial charge in [0.05, 0.1) is 0 Å². The van der Waals surface area contributed by atoms with Gasteiger partial charge in [-0.05, 0) is 31.7 Å². The normalized spacial score (nSPS) is 28.1. The molecule has 1 saturated heterocycles. The first-order chi connectivity index (χ1) is 7.29. The molecule has 0 bridgehead atoms. The highest BCUT2D eigenvalue weighted by atomic mass is 16.3. The first kappa shape index (κ1) is 10.6. The molecule has 2 heterocycles. The van der Waals surface area contributed by atoms with Crippen LogP contribution in [0.2, 0.25) is 0 Å². The zero-order valence-electron chi connectivity index (χ0n) is 9.19. The summed E-state index contributed by atoms with van der Waals surface area (Å²) in [6.07, 6.45) is 4.12. The maximum absolute atomic E-state index is 9.17. The molecule has 4 heteroatoms. The van der Waals surface area contributed by atoms with Gasteiger partial charge in [0, 0.05) is 37.6 Å². The number of nitrogens with zero attached hydrogens (tertiary/aromatic N) is 2. The number of aromatic amines is 1. The Labute approximate surface area is 90.3 Å². The Morgan fingerprint density at radius 1 is 1.60 bits per heavy atom. The molecule has 1 aliphatic heterocycles. The van der Waals surface area contributed by atoms with Crippen LogP contribution in [-0.2, 0) is 6.54 Å². The predicted octanol–water partition coefficient (Wildman–Crippen LogP) is 1.00. The molecule has 1 fully saturated rings. The number of aliphatic hydroxyl groups excluding tert-OH is 1. The van der Waals surface area contributed by atoms with Crippen LogP contribution in [0.1, 0.15) is 25.5 Å². The largest absolute Gasteiger partial charge is 0.396 e. The number of piperidine rings is 1. The van der Waals surface area contributed by atoms with E-state index in [2.05, 4.69) is 22.0 Å². The van der Waals surface area contributed by atoms with E-state index in [4.69, 9.17) is 0 Å². The first-order valence-corrected chi connectivity index (χ1v) is 5.62. The monoisotopic (exact) mass is 209 g/mol. The van der Waals surface area contributed by atoms with E-state index in [1.165, 1.54) is 6.42 Å². The van der Waals surface area contributed by atoms with Gasteiger partial charge in [-0.15, -0.1) is 0 Å². The average molecular weight is 209 g/mol. The summed E-state index contributed by atoms with van der Waals surface area (Å²) < 4.78 is 0. The van der Waals surface area contributed by atoms with Gasteiger partial charge in [0.25, 0.3) is 0 Å². The van der Waals surface area contributed by atoms with Gasteiger partial charge in [-0.2, -0.15) is 5.10 Å². The van der Waals surface area contributed by atoms with Gasteiger partial charge in [-0.3, -0.25) is 10.00 Å². The lowest BCUT2D eigenvalue weighted by Crippen LogP contribution is -2.42. The summed E-state index contributed by atoms with van der Waals surface area (Å²) in [6.45, 7) is 4.48. The number of hydrogen-bond donors (Lipinski definition) is 2. The molecule has 0 aromatic carbocycles. The Morgan fingerprint density at radius 2 is 2.47 bits per heavy atom. The minimum absolute atomic E-state index is 0.312. The van der Waals surface area contributed by atoms with Crippen molar-refractivity contribution in [1.82, 2.24) is 15.1 Å². The highest BCUT2D eigenvalue weighted by Crippen LogP contribution is 2.22. The molecular formula is C11H19N3O. The van der Waals surface area contributed by atoms with E-state index < -0.39 is 0 Å². The molecule has 0 radical (unpaired) electrons. The standard InChI is InChI=1S/C11H19N3O/c1-9-2-3-10(8-15)6-14(9)7-11-4-5-12-13-11/h4-5,9-10,15H,2-3,6-8H2,1H3,(H,12,13). The third-order valence-corrected chi connectivity index (χ3v) is 3.30. The lowest BCUT2D eigenvalue weighted by molar-refractivity contribution is 0.0762. The molecule has 84 valence electrons. The molecule has 0 aliphatic carbocycles. The molecule has 1 aromatic rings. The molecule has 4 nitrogen and oxygen atoms in total. The third kappa shape index (κ3) is 2.58. The molecule has 2 N–H and O–H groups in total. The topological polar surface area (TPSA) is 52.1 Å². The SMILES string of the molecule is CC1CCC(CO)CN1Cc1ccn[nH]1. The number of rotatable bonds is 3. The molecular weight excluding hydrogens is 190 g/mol. The van der Waals surface area contributed by atoms with E-state index in [0.29, 0.717) is 18.6 Å². The van der Waals surface area contributed by atoms with Crippen molar-refractivity contribution in [3.05, 3.63) is 18.0 Å². The molecule has 2 rings (SSSR count). The summed E-state index contributed by atoms with van der Waals surface area (Å²) in [5.41, 5.74) is 1.15. The van der Waals surface area contributed by atoms with Crippen molar-refractivity contribution in [1.29, 1.82) is 0 Å². The van der Waals surface area contributed by atoms with E-state index in [1.54, 1.807) is 6.20 Å². The Balaban J connectivity index is 1.94. The van der Waals surface area contributed by atoms with Crippen LogP contribution in [0.25, 0.3) is 0 Å². The van der Waals surface area contributed by atoms with Gasteiger partial charge in [0.1, 0.15) is 0 Å². The first-order valence-electron chi connectivity index (χ1n) is 5.62. The Morgan fingerprint density at radius 3 is 3.13 bits per heavy atom. The zero-order valence-corrected chi connectivity index (χ0v) is 9.19. The molecule has 1 aliphatic rings. The van der Waals surface area contributed by atoms with Gasteiger partial charge < -0.3 is 5.11 Å². The van der Waals surface area contributed by atoms with Crippen LogP contribution in [0.4, 0.5) is 0 Å².